The molecule has 4 rings (SSSR count). The second-order valence-electron chi connectivity index (χ2n) is 8.58. The van der Waals surface area contributed by atoms with Gasteiger partial charge in [0.05, 0.1) is 25.1 Å². The van der Waals surface area contributed by atoms with Gasteiger partial charge >= 0.3 is 0 Å². The van der Waals surface area contributed by atoms with Gasteiger partial charge in [0.1, 0.15) is 0 Å². The number of amides is 1. The highest BCUT2D eigenvalue weighted by Crippen LogP contribution is 2.55. The molecule has 6 nitrogen and oxygen atoms in total. The molecule has 3 aliphatic rings. The monoisotopic (exact) mass is 405 g/mol. The van der Waals surface area contributed by atoms with Crippen LogP contribution in [0.15, 0.2) is 18.2 Å². The van der Waals surface area contributed by atoms with Gasteiger partial charge in [0.25, 0.3) is 0 Å². The van der Waals surface area contributed by atoms with Gasteiger partial charge in [-0.15, -0.1) is 11.8 Å². The maximum atomic E-state index is 11.7. The van der Waals surface area contributed by atoms with Crippen LogP contribution < -0.4 is 20.5 Å². The molecule has 1 aromatic rings. The number of primary amides is 1. The van der Waals surface area contributed by atoms with Crippen LogP contribution in [0.4, 0.5) is 0 Å². The SMILES string of the molecule is COc1ccc(C[C@]23CCN(C)[C@H]2CC2(CC3)N[C@H](C(N)=O)CS2)cc1OC. The van der Waals surface area contributed by atoms with Crippen LogP contribution in [-0.2, 0) is 11.2 Å². The van der Waals surface area contributed by atoms with Crippen LogP contribution in [0.3, 0.4) is 0 Å². The van der Waals surface area contributed by atoms with Crippen molar-refractivity contribution in [1.82, 2.24) is 10.2 Å². The van der Waals surface area contributed by atoms with Crippen LogP contribution in [0, 0.1) is 5.41 Å². The van der Waals surface area contributed by atoms with Crippen molar-refractivity contribution in [3.05, 3.63) is 23.8 Å². The first kappa shape index (κ1) is 19.9. The molecule has 1 amide bonds. The largest absolute Gasteiger partial charge is 0.493 e. The molecular formula is C21H31N3O3S. The Kier molecular flexibility index (Phi) is 5.27. The lowest BCUT2D eigenvalue weighted by atomic mass is 9.65. The molecule has 3 N–H and O–H groups in total. The lowest BCUT2D eigenvalue weighted by Gasteiger charge is -2.49. The molecule has 2 aliphatic heterocycles. The lowest BCUT2D eigenvalue weighted by molar-refractivity contribution is -0.119. The number of ether oxygens (including phenoxy) is 2. The summed E-state index contributed by atoms with van der Waals surface area (Å²) in [6.07, 6.45) is 5.55. The third-order valence-corrected chi connectivity index (χ3v) is 8.60. The van der Waals surface area contributed by atoms with Crippen LogP contribution in [0.25, 0.3) is 0 Å². The number of nitrogens with zero attached hydrogens (tertiary/aromatic N) is 1. The predicted molar refractivity (Wildman–Crippen MR) is 112 cm³/mol. The molecular weight excluding hydrogens is 374 g/mol. The van der Waals surface area contributed by atoms with Crippen molar-refractivity contribution in [2.45, 2.75) is 49.1 Å². The van der Waals surface area contributed by atoms with E-state index in [4.69, 9.17) is 15.2 Å². The average molecular weight is 406 g/mol. The summed E-state index contributed by atoms with van der Waals surface area (Å²) in [6, 6.07) is 6.60. The molecule has 0 aromatic heterocycles. The highest BCUT2D eigenvalue weighted by Gasteiger charge is 2.55. The van der Waals surface area contributed by atoms with Gasteiger partial charge in [0.15, 0.2) is 11.5 Å². The first-order valence-electron chi connectivity index (χ1n) is 10.0. The zero-order chi connectivity index (χ0) is 19.9. The minimum absolute atomic E-state index is 0.00986. The Morgan fingerprint density at radius 2 is 2.07 bits per heavy atom. The first-order valence-corrected chi connectivity index (χ1v) is 11.0. The van der Waals surface area contributed by atoms with Gasteiger partial charge in [0, 0.05) is 11.8 Å². The van der Waals surface area contributed by atoms with Gasteiger partial charge < -0.3 is 20.1 Å². The summed E-state index contributed by atoms with van der Waals surface area (Å²) in [4.78, 5) is 14.2. The molecule has 1 saturated carbocycles. The van der Waals surface area contributed by atoms with Crippen LogP contribution >= 0.6 is 11.8 Å². The minimum atomic E-state index is -0.230. The van der Waals surface area contributed by atoms with E-state index in [1.807, 2.05) is 17.8 Å². The van der Waals surface area contributed by atoms with Gasteiger partial charge in [-0.2, -0.15) is 0 Å². The van der Waals surface area contributed by atoms with E-state index in [0.29, 0.717) is 6.04 Å². The topological polar surface area (TPSA) is 76.8 Å². The van der Waals surface area contributed by atoms with Crippen molar-refractivity contribution in [1.29, 1.82) is 0 Å². The highest BCUT2D eigenvalue weighted by atomic mass is 32.2. The number of nitrogens with two attached hydrogens (primary N) is 1. The second kappa shape index (κ2) is 7.43. The number of carbonyl (C=O) groups is 1. The molecule has 0 bridgehead atoms. The Balaban J connectivity index is 1.55. The summed E-state index contributed by atoms with van der Waals surface area (Å²) in [6.45, 7) is 1.12. The lowest BCUT2D eigenvalue weighted by Crippen LogP contribution is -2.56. The number of benzene rings is 1. The molecule has 28 heavy (non-hydrogen) atoms. The number of methoxy groups -OCH3 is 2. The molecule has 2 heterocycles. The Bertz CT molecular complexity index is 760. The minimum Gasteiger partial charge on any atom is -0.493 e. The van der Waals surface area contributed by atoms with Crippen molar-refractivity contribution < 1.29 is 14.3 Å². The van der Waals surface area contributed by atoms with Gasteiger partial charge in [-0.1, -0.05) is 6.07 Å². The smallest absolute Gasteiger partial charge is 0.235 e. The van der Waals surface area contributed by atoms with E-state index in [0.717, 1.165) is 49.5 Å². The number of likely N-dealkylation sites (tertiary alicyclic amines) is 1. The predicted octanol–water partition coefficient (Wildman–Crippen LogP) is 2.01. The van der Waals surface area contributed by atoms with Crippen molar-refractivity contribution in [2.24, 2.45) is 11.1 Å². The fourth-order valence-corrected chi connectivity index (χ4v) is 6.95. The van der Waals surface area contributed by atoms with Gasteiger partial charge in [0.2, 0.25) is 5.91 Å². The van der Waals surface area contributed by atoms with Crippen LogP contribution in [-0.4, -0.2) is 61.3 Å². The maximum Gasteiger partial charge on any atom is 0.235 e. The fourth-order valence-electron chi connectivity index (χ4n) is 5.47. The van der Waals surface area contributed by atoms with E-state index >= 15 is 0 Å². The molecule has 154 valence electrons. The number of thioether (sulfide) groups is 1. The molecule has 1 unspecified atom stereocenters. The number of hydrogen-bond donors (Lipinski definition) is 2. The summed E-state index contributed by atoms with van der Waals surface area (Å²) in [7, 11) is 5.60. The summed E-state index contributed by atoms with van der Waals surface area (Å²) in [5.41, 5.74) is 7.13. The first-order chi connectivity index (χ1) is 13.4. The van der Waals surface area contributed by atoms with Crippen LogP contribution in [0.1, 0.15) is 31.2 Å². The van der Waals surface area contributed by atoms with Crippen molar-refractivity contribution in [2.75, 3.05) is 33.6 Å². The zero-order valence-electron chi connectivity index (χ0n) is 17.0. The van der Waals surface area contributed by atoms with Crippen LogP contribution in [0.2, 0.25) is 0 Å². The molecule has 2 saturated heterocycles. The quantitative estimate of drug-likeness (QED) is 0.780. The van der Waals surface area contributed by atoms with E-state index in [1.165, 1.54) is 12.0 Å². The molecule has 3 fully saturated rings. The maximum absolute atomic E-state index is 11.7. The van der Waals surface area contributed by atoms with E-state index in [2.05, 4.69) is 29.4 Å². The zero-order valence-corrected chi connectivity index (χ0v) is 17.8. The van der Waals surface area contributed by atoms with E-state index < -0.39 is 0 Å². The number of fused-ring (bicyclic) bond motifs is 1. The van der Waals surface area contributed by atoms with Crippen LogP contribution in [0.5, 0.6) is 11.5 Å². The molecule has 1 spiro atoms. The third-order valence-electron chi connectivity index (χ3n) is 7.06. The van der Waals surface area contributed by atoms with Crippen molar-refractivity contribution >= 4 is 17.7 Å². The number of hydrogen-bond acceptors (Lipinski definition) is 6. The summed E-state index contributed by atoms with van der Waals surface area (Å²) in [5.74, 6) is 2.12. The molecule has 1 aliphatic carbocycles. The highest BCUT2D eigenvalue weighted by molar-refractivity contribution is 8.01. The Labute approximate surface area is 171 Å². The number of rotatable bonds is 5. The van der Waals surface area contributed by atoms with E-state index in [1.54, 1.807) is 14.2 Å². The standard InChI is InChI=1S/C21H31N3O3S/c1-24-9-8-20(11-14-4-5-16(26-2)17(10-14)27-3)6-7-21(12-18(20)24)23-15(13-28-21)19(22)25/h4-5,10,15,18,23H,6-9,11-13H2,1-3H3,(H2,22,25)/t15-,18-,20-,21?/m0/s1. The van der Waals surface area contributed by atoms with Gasteiger partial charge in [-0.3, -0.25) is 10.1 Å². The third kappa shape index (κ3) is 3.37. The van der Waals surface area contributed by atoms with Crippen molar-refractivity contribution in [3.63, 3.8) is 0 Å². The summed E-state index contributed by atoms with van der Waals surface area (Å²) < 4.78 is 10.9. The molecule has 1 aromatic carbocycles. The summed E-state index contributed by atoms with van der Waals surface area (Å²) >= 11 is 1.89. The average Bonchev–Trinajstić information content (AvgIpc) is 3.25. The Morgan fingerprint density at radius 3 is 2.75 bits per heavy atom. The normalized spacial score (nSPS) is 35.1. The summed E-state index contributed by atoms with van der Waals surface area (Å²) in [5, 5.41) is 3.58. The van der Waals surface area contributed by atoms with E-state index in [9.17, 15) is 4.79 Å². The number of nitrogens with one attached hydrogen (secondary N) is 1. The Hall–Kier alpha value is -1.44. The molecule has 0 radical (unpaired) electrons. The molecule has 4 atom stereocenters. The Morgan fingerprint density at radius 1 is 1.29 bits per heavy atom. The number of carbonyl (C=O) groups excluding carboxylic acids is 1. The fraction of sp³-hybridized carbons (Fsp3) is 0.667. The van der Waals surface area contributed by atoms with Gasteiger partial charge in [-0.25, -0.2) is 0 Å². The van der Waals surface area contributed by atoms with Crippen molar-refractivity contribution in [3.8, 4) is 11.5 Å². The van der Waals surface area contributed by atoms with Gasteiger partial charge in [-0.05, 0) is 68.8 Å². The molecule has 7 heteroatoms. The van der Waals surface area contributed by atoms with E-state index in [-0.39, 0.29) is 22.2 Å². The second-order valence-corrected chi connectivity index (χ2v) is 9.99.